The fourth-order valence-corrected chi connectivity index (χ4v) is 2.00. The van der Waals surface area contributed by atoms with Crippen molar-refractivity contribution in [2.45, 2.75) is 35.2 Å². The Hall–Kier alpha value is 0.960. The topological polar surface area (TPSA) is 0 Å². The summed E-state index contributed by atoms with van der Waals surface area (Å²) < 4.78 is 30.2. The van der Waals surface area contributed by atoms with Crippen molar-refractivity contribution < 1.29 is 5.48 Å². The maximum absolute atomic E-state index is 7.62. The van der Waals surface area contributed by atoms with Crippen molar-refractivity contribution in [2.75, 3.05) is 0 Å². The van der Waals surface area contributed by atoms with Gasteiger partial charge in [-0.25, -0.2) is 0 Å². The highest BCUT2D eigenvalue weighted by molar-refractivity contribution is 9.10. The molecule has 0 aromatic carbocycles. The molecule has 2 heteroatoms. The minimum absolute atomic E-state index is 0.300. The van der Waals surface area contributed by atoms with Gasteiger partial charge in [-0.2, -0.15) is 0 Å². The summed E-state index contributed by atoms with van der Waals surface area (Å²) in [7, 11) is 0. The Morgan fingerprint density at radius 2 is 1.75 bits per heavy atom. The molecule has 1 saturated carbocycles. The fourth-order valence-electron chi connectivity index (χ4n) is 0.580. The number of alkyl halides is 2. The highest BCUT2D eigenvalue weighted by atomic mass is 79.9. The maximum Gasteiger partial charge on any atom is 0.0289 e. The lowest BCUT2D eigenvalue weighted by molar-refractivity contribution is 0.539. The lowest BCUT2D eigenvalue weighted by atomic mass is 10.0. The van der Waals surface area contributed by atoms with Crippen LogP contribution in [-0.2, 0) is 0 Å². The first kappa shape index (κ1) is 3.38. The molecule has 0 radical (unpaired) electrons. The molecule has 0 aromatic heterocycles. The summed E-state index contributed by atoms with van der Waals surface area (Å²) in [6.45, 7) is 0. The van der Waals surface area contributed by atoms with E-state index in [9.17, 15) is 0 Å². The van der Waals surface area contributed by atoms with Crippen LogP contribution in [0, 0.1) is 0 Å². The van der Waals surface area contributed by atoms with Crippen molar-refractivity contribution >= 4 is 31.9 Å². The van der Waals surface area contributed by atoms with E-state index in [4.69, 9.17) is 5.48 Å². The molecule has 4 atom stereocenters. The van der Waals surface area contributed by atoms with Gasteiger partial charge in [0.25, 0.3) is 0 Å². The summed E-state index contributed by atoms with van der Waals surface area (Å²) in [5.41, 5.74) is 0. The van der Waals surface area contributed by atoms with Gasteiger partial charge in [-0.15, -0.1) is 0 Å². The second kappa shape index (κ2) is 3.21. The molecular weight excluding hydrogens is 232 g/mol. The molecule has 0 nitrogen and oxygen atoms in total. The molecule has 0 spiro atoms. The van der Waals surface area contributed by atoms with Crippen molar-refractivity contribution in [1.82, 2.24) is 0 Å². The van der Waals surface area contributed by atoms with E-state index in [1.54, 1.807) is 0 Å². The van der Waals surface area contributed by atoms with Gasteiger partial charge in [0.15, 0.2) is 0 Å². The van der Waals surface area contributed by atoms with Crippen LogP contribution >= 0.6 is 31.9 Å². The van der Waals surface area contributed by atoms with Crippen LogP contribution in [0.4, 0.5) is 0 Å². The standard InChI is InChI=1S/C6H10Br2/c7-5-2-1-3-6(8)4-5/h5-6H,1-4H2/i1D,2D,3D,4D. The third-order valence-corrected chi connectivity index (χ3v) is 2.18. The summed E-state index contributed by atoms with van der Waals surface area (Å²) in [5, 5.41) is 0. The molecule has 4 unspecified atom stereocenters. The monoisotopic (exact) mass is 244 g/mol. The first-order valence-electron chi connectivity index (χ1n) is 4.75. The molecule has 8 heavy (non-hydrogen) atoms. The SMILES string of the molecule is [2H]C1C([2H])C(Br)C([2H])C(Br)C1[2H]. The third kappa shape index (κ3) is 2.06. The first-order chi connectivity index (χ1) is 5.46. The molecule has 0 heterocycles. The van der Waals surface area contributed by atoms with Crippen molar-refractivity contribution in [3.05, 3.63) is 0 Å². The molecule has 0 bridgehead atoms. The van der Waals surface area contributed by atoms with E-state index in [0.717, 1.165) is 0 Å². The minimum atomic E-state index is -0.722. The smallest absolute Gasteiger partial charge is 0.0289 e. The van der Waals surface area contributed by atoms with E-state index < -0.39 is 25.6 Å². The predicted octanol–water partition coefficient (Wildman–Crippen LogP) is 3.09. The Morgan fingerprint density at radius 3 is 2.25 bits per heavy atom. The van der Waals surface area contributed by atoms with Crippen LogP contribution in [0.2, 0.25) is 0 Å². The molecule has 1 aliphatic rings. The van der Waals surface area contributed by atoms with Crippen LogP contribution in [-0.4, -0.2) is 9.65 Å². The van der Waals surface area contributed by atoms with Crippen LogP contribution < -0.4 is 0 Å². The van der Waals surface area contributed by atoms with Gasteiger partial charge in [-0.1, -0.05) is 38.3 Å². The van der Waals surface area contributed by atoms with Gasteiger partial charge < -0.3 is 0 Å². The zero-order valence-corrected chi connectivity index (χ0v) is 7.39. The van der Waals surface area contributed by atoms with Crippen molar-refractivity contribution in [2.24, 2.45) is 0 Å². The van der Waals surface area contributed by atoms with E-state index in [-0.39, 0.29) is 9.65 Å². The second-order valence-electron chi connectivity index (χ2n) is 1.66. The van der Waals surface area contributed by atoms with E-state index >= 15 is 0 Å². The minimum Gasteiger partial charge on any atom is -0.0890 e. The van der Waals surface area contributed by atoms with Gasteiger partial charge in [0.1, 0.15) is 0 Å². The number of halogens is 2. The molecule has 0 N–H and O–H groups in total. The quantitative estimate of drug-likeness (QED) is 0.576. The summed E-state index contributed by atoms with van der Waals surface area (Å²) >= 11 is 6.44. The van der Waals surface area contributed by atoms with Crippen LogP contribution in [0.1, 0.15) is 31.1 Å². The zero-order chi connectivity index (χ0) is 9.46. The van der Waals surface area contributed by atoms with Gasteiger partial charge in [-0.3, -0.25) is 0 Å². The average Bonchev–Trinajstić information content (AvgIpc) is 2.08. The molecule has 1 rings (SSSR count). The average molecular weight is 246 g/mol. The number of rotatable bonds is 0. The van der Waals surface area contributed by atoms with Gasteiger partial charge in [0, 0.05) is 15.1 Å². The Balaban J connectivity index is 2.76. The van der Waals surface area contributed by atoms with Gasteiger partial charge >= 0.3 is 0 Å². The van der Waals surface area contributed by atoms with Crippen molar-refractivity contribution in [3.63, 3.8) is 0 Å². The summed E-state index contributed by atoms with van der Waals surface area (Å²) in [6.07, 6.45) is -2.55. The van der Waals surface area contributed by atoms with E-state index in [2.05, 4.69) is 31.9 Å². The second-order valence-corrected chi connectivity index (χ2v) is 3.77. The maximum atomic E-state index is 7.62. The van der Waals surface area contributed by atoms with Gasteiger partial charge in [0.05, 0.1) is 0 Å². The highest BCUT2D eigenvalue weighted by Crippen LogP contribution is 2.28. The van der Waals surface area contributed by atoms with Crippen molar-refractivity contribution in [1.29, 1.82) is 0 Å². The zero-order valence-electron chi connectivity index (χ0n) is 8.22. The van der Waals surface area contributed by atoms with E-state index in [0.29, 0.717) is 0 Å². The number of hydrogen-bond acceptors (Lipinski definition) is 0. The molecule has 48 valence electrons. The fraction of sp³-hybridized carbons (Fsp3) is 1.00. The summed E-state index contributed by atoms with van der Waals surface area (Å²) in [5.74, 6) is 0. The van der Waals surface area contributed by atoms with E-state index in [1.807, 2.05) is 0 Å². The molecule has 0 saturated heterocycles. The number of hydrogen-bond donors (Lipinski definition) is 0. The molecule has 0 aromatic rings. The van der Waals surface area contributed by atoms with E-state index in [1.165, 1.54) is 0 Å². The van der Waals surface area contributed by atoms with Crippen LogP contribution in [0.25, 0.3) is 0 Å². The highest BCUT2D eigenvalue weighted by Gasteiger charge is 2.16. The normalized spacial score (nSPS) is 83.8. The van der Waals surface area contributed by atoms with Crippen LogP contribution in [0.15, 0.2) is 0 Å². The first-order valence-corrected chi connectivity index (χ1v) is 4.27. The summed E-state index contributed by atoms with van der Waals surface area (Å²) in [4.78, 5) is -0.600. The Labute approximate surface area is 72.9 Å². The molecule has 1 aliphatic carbocycles. The van der Waals surface area contributed by atoms with Crippen LogP contribution in [0.3, 0.4) is 0 Å². The lowest BCUT2D eigenvalue weighted by Gasteiger charge is -2.20. The predicted molar refractivity (Wildman–Crippen MR) is 43.9 cm³/mol. The Morgan fingerprint density at radius 1 is 1.25 bits per heavy atom. The van der Waals surface area contributed by atoms with Gasteiger partial charge in [-0.05, 0) is 19.2 Å². The van der Waals surface area contributed by atoms with Crippen molar-refractivity contribution in [3.8, 4) is 0 Å². The van der Waals surface area contributed by atoms with Gasteiger partial charge in [0.2, 0.25) is 0 Å². The molecular formula is C6H10Br2. The molecule has 0 amide bonds. The lowest BCUT2D eigenvalue weighted by Crippen LogP contribution is -2.13. The largest absolute Gasteiger partial charge is 0.0890 e. The summed E-state index contributed by atoms with van der Waals surface area (Å²) in [6, 6.07) is 0. The Kier molecular flexibility index (Phi) is 1.36. The molecule has 1 fully saturated rings. The molecule has 0 aliphatic heterocycles. The third-order valence-electron chi connectivity index (χ3n) is 0.958. The Bertz CT molecular complexity index is 109. The van der Waals surface area contributed by atoms with Crippen LogP contribution in [0.5, 0.6) is 0 Å².